The van der Waals surface area contributed by atoms with E-state index in [0.29, 0.717) is 26.1 Å². The molecule has 1 heterocycles. The maximum Gasteiger partial charge on any atom is 0.214 e. The second-order valence-corrected chi connectivity index (χ2v) is 7.05. The molecular weight excluding hydrogens is 240 g/mol. The average Bonchev–Trinajstić information content (AvgIpc) is 2.23. The van der Waals surface area contributed by atoms with Gasteiger partial charge in [-0.15, -0.1) is 0 Å². The minimum Gasteiger partial charge on any atom is -0.373 e. The van der Waals surface area contributed by atoms with Crippen LogP contribution in [-0.2, 0) is 14.8 Å². The van der Waals surface area contributed by atoms with Gasteiger partial charge in [-0.05, 0) is 33.4 Å². The van der Waals surface area contributed by atoms with E-state index in [9.17, 15) is 8.42 Å². The Morgan fingerprint density at radius 1 is 1.41 bits per heavy atom. The van der Waals surface area contributed by atoms with Crippen molar-refractivity contribution >= 4 is 10.0 Å². The molecule has 0 aliphatic carbocycles. The lowest BCUT2D eigenvalue weighted by atomic mass is 10.1. The van der Waals surface area contributed by atoms with E-state index in [1.807, 2.05) is 20.8 Å². The molecule has 0 spiro atoms. The molecule has 1 fully saturated rings. The maximum absolute atomic E-state index is 12.1. The molecule has 102 valence electrons. The van der Waals surface area contributed by atoms with Crippen LogP contribution >= 0.6 is 0 Å². The van der Waals surface area contributed by atoms with Crippen molar-refractivity contribution in [1.29, 1.82) is 0 Å². The third kappa shape index (κ3) is 4.91. The molecule has 1 rings (SSSR count). The van der Waals surface area contributed by atoms with Gasteiger partial charge in [0.2, 0.25) is 10.0 Å². The first kappa shape index (κ1) is 14.9. The summed E-state index contributed by atoms with van der Waals surface area (Å²) in [6.07, 6.45) is 0.661. The monoisotopic (exact) mass is 264 g/mol. The molecule has 1 aliphatic rings. The van der Waals surface area contributed by atoms with Crippen molar-refractivity contribution in [3.05, 3.63) is 0 Å². The third-order valence-corrected chi connectivity index (χ3v) is 4.69. The van der Waals surface area contributed by atoms with Gasteiger partial charge < -0.3 is 10.1 Å². The minimum atomic E-state index is -3.12. The van der Waals surface area contributed by atoms with Crippen LogP contribution in [0.3, 0.4) is 0 Å². The SMILES string of the molecule is CCNCCCS(=O)(=O)N1CCOC(C)(C)C1. The van der Waals surface area contributed by atoms with Crippen molar-refractivity contribution in [2.75, 3.05) is 38.5 Å². The minimum absolute atomic E-state index is 0.218. The van der Waals surface area contributed by atoms with Crippen molar-refractivity contribution in [2.45, 2.75) is 32.8 Å². The summed E-state index contributed by atoms with van der Waals surface area (Å²) in [4.78, 5) is 0. The van der Waals surface area contributed by atoms with Crippen LogP contribution in [-0.4, -0.2) is 56.9 Å². The summed E-state index contributed by atoms with van der Waals surface area (Å²) < 4.78 is 31.2. The molecule has 17 heavy (non-hydrogen) atoms. The summed E-state index contributed by atoms with van der Waals surface area (Å²) in [5.41, 5.74) is -0.368. The molecule has 0 atom stereocenters. The van der Waals surface area contributed by atoms with Crippen molar-refractivity contribution in [3.8, 4) is 0 Å². The lowest BCUT2D eigenvalue weighted by molar-refractivity contribution is -0.0640. The van der Waals surface area contributed by atoms with E-state index in [2.05, 4.69) is 5.32 Å². The number of ether oxygens (including phenoxy) is 1. The fourth-order valence-corrected chi connectivity index (χ4v) is 3.52. The van der Waals surface area contributed by atoms with Gasteiger partial charge >= 0.3 is 0 Å². The molecule has 5 nitrogen and oxygen atoms in total. The molecule has 0 aromatic carbocycles. The van der Waals surface area contributed by atoms with Crippen molar-refractivity contribution < 1.29 is 13.2 Å². The highest BCUT2D eigenvalue weighted by Crippen LogP contribution is 2.19. The Kier molecular flexibility index (Phi) is 5.37. The summed E-state index contributed by atoms with van der Waals surface area (Å²) in [6.45, 7) is 8.91. The van der Waals surface area contributed by atoms with Crippen molar-refractivity contribution in [1.82, 2.24) is 9.62 Å². The highest BCUT2D eigenvalue weighted by atomic mass is 32.2. The zero-order valence-corrected chi connectivity index (χ0v) is 11.8. The lowest BCUT2D eigenvalue weighted by Crippen LogP contribution is -2.51. The smallest absolute Gasteiger partial charge is 0.214 e. The molecule has 0 amide bonds. The molecule has 0 aromatic rings. The van der Waals surface area contributed by atoms with Crippen LogP contribution in [0.5, 0.6) is 0 Å². The summed E-state index contributed by atoms with van der Waals surface area (Å²) in [7, 11) is -3.12. The quantitative estimate of drug-likeness (QED) is 0.707. The Bertz CT molecular complexity index is 328. The summed E-state index contributed by atoms with van der Waals surface area (Å²) in [6, 6.07) is 0. The number of morpholine rings is 1. The van der Waals surface area contributed by atoms with Gasteiger partial charge in [0.25, 0.3) is 0 Å². The van der Waals surface area contributed by atoms with Crippen LogP contribution in [0.4, 0.5) is 0 Å². The predicted octanol–water partition coefficient (Wildman–Crippen LogP) is 0.427. The zero-order chi connectivity index (χ0) is 12.9. The van der Waals surface area contributed by atoms with Gasteiger partial charge in [0.15, 0.2) is 0 Å². The second-order valence-electron chi connectivity index (χ2n) is 4.96. The highest BCUT2D eigenvalue weighted by Gasteiger charge is 2.33. The van der Waals surface area contributed by atoms with E-state index >= 15 is 0 Å². The molecule has 0 unspecified atom stereocenters. The Morgan fingerprint density at radius 3 is 2.71 bits per heavy atom. The van der Waals surface area contributed by atoms with E-state index in [0.717, 1.165) is 13.1 Å². The molecule has 0 aromatic heterocycles. The third-order valence-electron chi connectivity index (χ3n) is 2.79. The molecule has 0 saturated carbocycles. The molecule has 0 bridgehead atoms. The van der Waals surface area contributed by atoms with Crippen molar-refractivity contribution in [3.63, 3.8) is 0 Å². The topological polar surface area (TPSA) is 58.6 Å². The van der Waals surface area contributed by atoms with Crippen LogP contribution in [0.1, 0.15) is 27.2 Å². The number of nitrogens with one attached hydrogen (secondary N) is 1. The van der Waals surface area contributed by atoms with Crippen LogP contribution in [0.2, 0.25) is 0 Å². The van der Waals surface area contributed by atoms with Crippen LogP contribution in [0.15, 0.2) is 0 Å². The van der Waals surface area contributed by atoms with E-state index in [1.54, 1.807) is 4.31 Å². The van der Waals surface area contributed by atoms with Gasteiger partial charge in [-0.25, -0.2) is 8.42 Å². The van der Waals surface area contributed by atoms with E-state index < -0.39 is 10.0 Å². The molecular formula is C11H24N2O3S. The van der Waals surface area contributed by atoms with E-state index in [-0.39, 0.29) is 11.4 Å². The van der Waals surface area contributed by atoms with Crippen LogP contribution in [0.25, 0.3) is 0 Å². The standard InChI is InChI=1S/C11H24N2O3S/c1-4-12-6-5-9-17(14,15)13-7-8-16-11(2,3)10-13/h12H,4-10H2,1-3H3. The predicted molar refractivity (Wildman–Crippen MR) is 68.6 cm³/mol. The van der Waals surface area contributed by atoms with E-state index in [1.165, 1.54) is 0 Å². The maximum atomic E-state index is 12.1. The van der Waals surface area contributed by atoms with Gasteiger partial charge in [-0.2, -0.15) is 4.31 Å². The first-order valence-corrected chi connectivity index (χ1v) is 7.81. The number of hydrogen-bond donors (Lipinski definition) is 1. The molecule has 0 radical (unpaired) electrons. The number of nitrogens with zero attached hydrogens (tertiary/aromatic N) is 1. The highest BCUT2D eigenvalue weighted by molar-refractivity contribution is 7.89. The Balaban J connectivity index is 2.46. The van der Waals surface area contributed by atoms with Gasteiger partial charge in [0, 0.05) is 13.1 Å². The van der Waals surface area contributed by atoms with Gasteiger partial charge in [-0.1, -0.05) is 6.92 Å². The van der Waals surface area contributed by atoms with Crippen LogP contribution in [0, 0.1) is 0 Å². The Hall–Kier alpha value is -0.170. The van der Waals surface area contributed by atoms with Crippen molar-refractivity contribution in [2.24, 2.45) is 0 Å². The largest absolute Gasteiger partial charge is 0.373 e. The van der Waals surface area contributed by atoms with E-state index in [4.69, 9.17) is 4.74 Å². The average molecular weight is 264 g/mol. The Labute approximate surface area is 105 Å². The first-order valence-electron chi connectivity index (χ1n) is 6.20. The summed E-state index contributed by atoms with van der Waals surface area (Å²) >= 11 is 0. The summed E-state index contributed by atoms with van der Waals surface area (Å²) in [5, 5.41) is 3.13. The molecule has 1 aliphatic heterocycles. The number of rotatable bonds is 6. The molecule has 1 N–H and O–H groups in total. The normalized spacial score (nSPS) is 21.6. The molecule has 1 saturated heterocycles. The summed E-state index contributed by atoms with van der Waals surface area (Å²) in [5.74, 6) is 0.218. The van der Waals surface area contributed by atoms with Crippen LogP contribution < -0.4 is 5.32 Å². The van der Waals surface area contributed by atoms with Gasteiger partial charge in [-0.3, -0.25) is 0 Å². The number of hydrogen-bond acceptors (Lipinski definition) is 4. The fourth-order valence-electron chi connectivity index (χ4n) is 1.90. The molecule has 6 heteroatoms. The second kappa shape index (κ2) is 6.13. The zero-order valence-electron chi connectivity index (χ0n) is 11.0. The van der Waals surface area contributed by atoms with Gasteiger partial charge in [0.05, 0.1) is 18.0 Å². The first-order chi connectivity index (χ1) is 7.87. The van der Waals surface area contributed by atoms with Gasteiger partial charge in [0.1, 0.15) is 0 Å². The fraction of sp³-hybridized carbons (Fsp3) is 1.00. The Morgan fingerprint density at radius 2 is 2.12 bits per heavy atom. The lowest BCUT2D eigenvalue weighted by Gasteiger charge is -2.37. The number of sulfonamides is 1.